The van der Waals surface area contributed by atoms with E-state index >= 15 is 0 Å². The molecule has 4 rings (SSSR count). The molecule has 0 radical (unpaired) electrons. The quantitative estimate of drug-likeness (QED) is 0.554. The van der Waals surface area contributed by atoms with E-state index in [1.807, 2.05) is 12.1 Å². The Hall–Kier alpha value is -2.55. The Labute approximate surface area is 148 Å². The van der Waals surface area contributed by atoms with E-state index in [4.69, 9.17) is 16.3 Å². The van der Waals surface area contributed by atoms with Crippen LogP contribution < -0.4 is 5.46 Å². The van der Waals surface area contributed by atoms with Crippen LogP contribution in [0.3, 0.4) is 0 Å². The third kappa shape index (κ3) is 3.07. The number of carbonyl (C=O) groups excluding carboxylic acids is 1. The van der Waals surface area contributed by atoms with E-state index in [1.165, 1.54) is 10.9 Å². The number of pyridine rings is 1. The Bertz CT molecular complexity index is 962. The molecule has 1 aliphatic rings. The fourth-order valence-corrected chi connectivity index (χ4v) is 2.90. The maximum atomic E-state index is 12.5. The lowest BCUT2D eigenvalue weighted by molar-refractivity contribution is 0.0988. The summed E-state index contributed by atoms with van der Waals surface area (Å²) in [6.07, 6.45) is 3.23. The number of ketones is 1. The van der Waals surface area contributed by atoms with Gasteiger partial charge in [-0.1, -0.05) is 35.0 Å². The van der Waals surface area contributed by atoms with Crippen molar-refractivity contribution >= 4 is 30.0 Å². The molecule has 3 heterocycles. The van der Waals surface area contributed by atoms with Crippen molar-refractivity contribution in [1.82, 2.24) is 20.0 Å². The number of nitrogens with zero attached hydrogens (tertiary/aromatic N) is 4. The largest absolute Gasteiger partial charge is 0.491 e. The van der Waals surface area contributed by atoms with Gasteiger partial charge in [-0.05, 0) is 28.7 Å². The summed E-state index contributed by atoms with van der Waals surface area (Å²) in [5, 5.41) is 18.0. The predicted octanol–water partition coefficient (Wildman–Crippen LogP) is 0.959. The van der Waals surface area contributed by atoms with Gasteiger partial charge < -0.3 is 9.68 Å². The summed E-state index contributed by atoms with van der Waals surface area (Å²) in [5.41, 5.74) is 2.63. The van der Waals surface area contributed by atoms with E-state index in [9.17, 15) is 9.82 Å². The maximum Gasteiger partial charge on any atom is 0.491 e. The fourth-order valence-electron chi connectivity index (χ4n) is 2.69. The van der Waals surface area contributed by atoms with Gasteiger partial charge in [-0.15, -0.1) is 5.10 Å². The number of fused-ring (bicyclic) bond motifs is 1. The molecule has 0 atom stereocenters. The highest BCUT2D eigenvalue weighted by Gasteiger charge is 2.27. The summed E-state index contributed by atoms with van der Waals surface area (Å²) in [7, 11) is -0.933. The fraction of sp³-hybridized carbons (Fsp3) is 0.125. The van der Waals surface area contributed by atoms with Gasteiger partial charge in [0, 0.05) is 12.6 Å². The second kappa shape index (κ2) is 6.40. The highest BCUT2D eigenvalue weighted by Crippen LogP contribution is 2.17. The molecule has 3 aromatic rings. The van der Waals surface area contributed by atoms with E-state index in [0.717, 1.165) is 11.1 Å². The van der Waals surface area contributed by atoms with Crippen molar-refractivity contribution in [2.24, 2.45) is 0 Å². The van der Waals surface area contributed by atoms with E-state index in [2.05, 4.69) is 15.3 Å². The summed E-state index contributed by atoms with van der Waals surface area (Å²) in [6.45, 7) is 0.379. The Morgan fingerprint density at radius 3 is 3.12 bits per heavy atom. The average molecular weight is 355 g/mol. The van der Waals surface area contributed by atoms with Gasteiger partial charge in [0.05, 0.1) is 17.8 Å². The second-order valence-corrected chi connectivity index (χ2v) is 6.06. The summed E-state index contributed by atoms with van der Waals surface area (Å²) >= 11 is 6.07. The Balaban J connectivity index is 1.55. The van der Waals surface area contributed by atoms with Gasteiger partial charge in [-0.25, -0.2) is 9.67 Å². The lowest BCUT2D eigenvalue weighted by Crippen LogP contribution is -2.28. The minimum absolute atomic E-state index is 0.147. The Morgan fingerprint density at radius 2 is 2.28 bits per heavy atom. The van der Waals surface area contributed by atoms with Gasteiger partial charge >= 0.3 is 7.12 Å². The summed E-state index contributed by atoms with van der Waals surface area (Å²) < 4.78 is 6.53. The van der Waals surface area contributed by atoms with Gasteiger partial charge in [-0.3, -0.25) is 4.79 Å². The molecule has 0 fully saturated rings. The van der Waals surface area contributed by atoms with Crippen LogP contribution in [0.2, 0.25) is 5.02 Å². The third-order valence-corrected chi connectivity index (χ3v) is 4.27. The van der Waals surface area contributed by atoms with Gasteiger partial charge in [0.2, 0.25) is 0 Å². The van der Waals surface area contributed by atoms with Crippen LogP contribution in [-0.4, -0.2) is 37.9 Å². The van der Waals surface area contributed by atoms with Crippen molar-refractivity contribution in [2.75, 3.05) is 0 Å². The molecule has 1 aliphatic heterocycles. The number of aromatic nitrogens is 4. The van der Waals surface area contributed by atoms with E-state index in [-0.39, 0.29) is 17.9 Å². The molecule has 0 amide bonds. The van der Waals surface area contributed by atoms with Crippen molar-refractivity contribution in [3.05, 3.63) is 64.6 Å². The van der Waals surface area contributed by atoms with Crippen LogP contribution >= 0.6 is 11.6 Å². The van der Waals surface area contributed by atoms with Crippen LogP contribution in [0.4, 0.5) is 0 Å². The normalized spacial score (nSPS) is 13.1. The molecule has 0 bridgehead atoms. The first-order valence-electron chi connectivity index (χ1n) is 7.59. The Kier molecular flexibility index (Phi) is 4.08. The predicted molar refractivity (Wildman–Crippen MR) is 91.0 cm³/mol. The number of carbonyl (C=O) groups is 1. The summed E-state index contributed by atoms with van der Waals surface area (Å²) in [4.78, 5) is 16.6. The van der Waals surface area contributed by atoms with Crippen LogP contribution in [0.15, 0.2) is 42.7 Å². The number of rotatable bonds is 4. The number of halogens is 1. The van der Waals surface area contributed by atoms with E-state index in [0.29, 0.717) is 22.9 Å². The molecule has 124 valence electrons. The van der Waals surface area contributed by atoms with Gasteiger partial charge in [-0.2, -0.15) is 0 Å². The number of hydrogen-bond acceptors (Lipinski definition) is 6. The van der Waals surface area contributed by atoms with Crippen LogP contribution in [-0.2, 0) is 17.7 Å². The number of Topliss-reactive ketones (excluding diaryl/α,β-unsaturated/α-hetero) is 1. The molecule has 7 nitrogen and oxygen atoms in total. The minimum Gasteiger partial charge on any atom is -0.423 e. The SMILES string of the molecule is O=C(Cc1ccc2c(c1)B(O)OC2)c1cn(-c2ncccc2Cl)nn1. The standard InChI is InChI=1S/C16H12BClN4O3/c18-13-2-1-5-19-16(13)22-8-14(20-21-22)15(23)7-10-3-4-11-9-25-17(24)12(11)6-10/h1-6,8,24H,7,9H2. The van der Waals surface area contributed by atoms with Crippen LogP contribution in [0, 0.1) is 0 Å². The first-order valence-corrected chi connectivity index (χ1v) is 7.97. The smallest absolute Gasteiger partial charge is 0.423 e. The van der Waals surface area contributed by atoms with Crippen molar-refractivity contribution in [2.45, 2.75) is 13.0 Å². The molecule has 0 aliphatic carbocycles. The summed E-state index contributed by atoms with van der Waals surface area (Å²) in [5.74, 6) is 0.222. The highest BCUT2D eigenvalue weighted by molar-refractivity contribution is 6.61. The first kappa shape index (κ1) is 16.0. The maximum absolute atomic E-state index is 12.5. The van der Waals surface area contributed by atoms with Crippen LogP contribution in [0.5, 0.6) is 0 Å². The Morgan fingerprint density at radius 1 is 1.40 bits per heavy atom. The van der Waals surface area contributed by atoms with Crippen LogP contribution in [0.1, 0.15) is 21.6 Å². The van der Waals surface area contributed by atoms with Crippen molar-refractivity contribution in [3.8, 4) is 5.82 Å². The van der Waals surface area contributed by atoms with Crippen LogP contribution in [0.25, 0.3) is 5.82 Å². The first-order chi connectivity index (χ1) is 12.1. The number of benzene rings is 1. The molecule has 2 aromatic heterocycles. The number of hydrogen-bond donors (Lipinski definition) is 1. The zero-order valence-electron chi connectivity index (χ0n) is 13.0. The molecular weight excluding hydrogens is 342 g/mol. The molecule has 1 N–H and O–H groups in total. The molecule has 0 saturated carbocycles. The molecule has 0 unspecified atom stereocenters. The monoisotopic (exact) mass is 354 g/mol. The van der Waals surface area contributed by atoms with E-state index < -0.39 is 7.12 Å². The third-order valence-electron chi connectivity index (χ3n) is 3.97. The van der Waals surface area contributed by atoms with Gasteiger partial charge in [0.1, 0.15) is 5.69 Å². The van der Waals surface area contributed by atoms with E-state index in [1.54, 1.807) is 24.4 Å². The molecule has 9 heteroatoms. The summed E-state index contributed by atoms with van der Waals surface area (Å²) in [6, 6.07) is 8.88. The lowest BCUT2D eigenvalue weighted by Gasteiger charge is -2.03. The molecular formula is C16H12BClN4O3. The average Bonchev–Trinajstić information content (AvgIpc) is 3.23. The van der Waals surface area contributed by atoms with Gasteiger partial charge in [0.15, 0.2) is 11.6 Å². The molecule has 25 heavy (non-hydrogen) atoms. The second-order valence-electron chi connectivity index (χ2n) is 5.65. The molecule has 0 saturated heterocycles. The lowest BCUT2D eigenvalue weighted by atomic mass is 9.78. The topological polar surface area (TPSA) is 90.1 Å². The van der Waals surface area contributed by atoms with Crippen molar-refractivity contribution in [1.29, 1.82) is 0 Å². The molecule has 0 spiro atoms. The van der Waals surface area contributed by atoms with Crippen molar-refractivity contribution in [3.63, 3.8) is 0 Å². The van der Waals surface area contributed by atoms with Gasteiger partial charge in [0.25, 0.3) is 0 Å². The molecule has 1 aromatic carbocycles. The minimum atomic E-state index is -0.933. The highest BCUT2D eigenvalue weighted by atomic mass is 35.5. The zero-order valence-corrected chi connectivity index (χ0v) is 13.7. The zero-order chi connectivity index (χ0) is 17.4. The van der Waals surface area contributed by atoms with Crippen molar-refractivity contribution < 1.29 is 14.5 Å².